The highest BCUT2D eigenvalue weighted by Gasteiger charge is 2.55. The second kappa shape index (κ2) is 4.41. The largest absolute Gasteiger partial charge is 0.544 e. The van der Waals surface area contributed by atoms with Crippen molar-refractivity contribution in [3.05, 3.63) is 11.8 Å². The second-order valence-corrected chi connectivity index (χ2v) is 4.88. The van der Waals surface area contributed by atoms with Gasteiger partial charge in [0.1, 0.15) is 5.54 Å². The first-order chi connectivity index (χ1) is 8.15. The molecule has 7 nitrogen and oxygen atoms in total. The maximum absolute atomic E-state index is 11.7. The lowest BCUT2D eigenvalue weighted by atomic mass is 10.1. The van der Waals surface area contributed by atoms with E-state index in [4.69, 9.17) is 4.74 Å². The van der Waals surface area contributed by atoms with Crippen LogP contribution in [0.4, 0.5) is 4.79 Å². The summed E-state index contributed by atoms with van der Waals surface area (Å²) < 4.78 is 3.88. The zero-order valence-electron chi connectivity index (χ0n) is 10.8. The van der Waals surface area contributed by atoms with Gasteiger partial charge in [0, 0.05) is 0 Å². The molecule has 2 N–H and O–H groups in total. The van der Waals surface area contributed by atoms with E-state index in [1.54, 1.807) is 27.7 Å². The third-order valence-corrected chi connectivity index (χ3v) is 2.70. The molecule has 0 fully saturated rings. The van der Waals surface area contributed by atoms with E-state index in [1.807, 2.05) is 0 Å². The van der Waals surface area contributed by atoms with Crippen LogP contribution in [0.5, 0.6) is 0 Å². The summed E-state index contributed by atoms with van der Waals surface area (Å²) in [6, 6.07) is 0. The van der Waals surface area contributed by atoms with Gasteiger partial charge in [-0.3, -0.25) is 4.79 Å². The van der Waals surface area contributed by atoms with E-state index in [9.17, 15) is 19.5 Å². The van der Waals surface area contributed by atoms with E-state index >= 15 is 0 Å². The molecule has 0 aromatic heterocycles. The second-order valence-electron chi connectivity index (χ2n) is 4.88. The molecule has 7 heteroatoms. The van der Waals surface area contributed by atoms with Crippen LogP contribution in [0.1, 0.15) is 27.7 Å². The molecule has 0 saturated heterocycles. The first-order valence-corrected chi connectivity index (χ1v) is 5.50. The summed E-state index contributed by atoms with van der Waals surface area (Å²) in [5, 5.41) is 9.31. The number of hydrogen-bond donors (Lipinski definition) is 2. The van der Waals surface area contributed by atoms with E-state index in [-0.39, 0.29) is 12.2 Å². The van der Waals surface area contributed by atoms with Crippen LogP contribution in [-0.2, 0) is 14.3 Å². The van der Waals surface area contributed by atoms with Crippen molar-refractivity contribution in [1.82, 2.24) is 5.43 Å². The topological polar surface area (TPSA) is 92.7 Å². The molecule has 1 rings (SSSR count). The number of nitrogens with zero attached hydrogens (tertiary/aromatic N) is 1. The van der Waals surface area contributed by atoms with Crippen LogP contribution < -0.4 is 5.43 Å². The van der Waals surface area contributed by atoms with Crippen molar-refractivity contribution in [1.29, 1.82) is 0 Å². The third-order valence-electron chi connectivity index (χ3n) is 2.70. The van der Waals surface area contributed by atoms with Crippen LogP contribution in [0.25, 0.3) is 0 Å². The van der Waals surface area contributed by atoms with Gasteiger partial charge in [-0.05, 0) is 27.7 Å². The summed E-state index contributed by atoms with van der Waals surface area (Å²) in [6.07, 6.45) is -0.182. The molecule has 100 valence electrons. The minimum atomic E-state index is -1.27. The van der Waals surface area contributed by atoms with Gasteiger partial charge in [-0.2, -0.15) is 10.2 Å². The van der Waals surface area contributed by atoms with Crippen LogP contribution in [-0.4, -0.2) is 39.8 Å². The molecule has 0 aliphatic carbocycles. The van der Waals surface area contributed by atoms with Crippen molar-refractivity contribution in [3.8, 4) is 0 Å². The molecule has 0 saturated carbocycles. The minimum Gasteiger partial charge on any atom is -0.462 e. The number of amides is 2. The Hall–Kier alpha value is -1.89. The predicted molar refractivity (Wildman–Crippen MR) is 60.9 cm³/mol. The highest BCUT2D eigenvalue weighted by Crippen LogP contribution is 2.29. The summed E-state index contributed by atoms with van der Waals surface area (Å²) in [5.74, 6) is -1.56. The number of esters is 1. The molecule has 1 aliphatic heterocycles. The first kappa shape index (κ1) is 14.2. The van der Waals surface area contributed by atoms with E-state index in [1.165, 1.54) is 0 Å². The highest BCUT2D eigenvalue weighted by molar-refractivity contribution is 6.17. The van der Waals surface area contributed by atoms with Crippen LogP contribution in [0.2, 0.25) is 0 Å². The van der Waals surface area contributed by atoms with Crippen LogP contribution in [0.15, 0.2) is 11.8 Å². The van der Waals surface area contributed by atoms with E-state index < -0.39 is 28.1 Å². The Kier molecular flexibility index (Phi) is 3.47. The zero-order valence-corrected chi connectivity index (χ0v) is 10.8. The normalized spacial score (nSPS) is 23.3. The molecule has 0 bridgehead atoms. The van der Waals surface area contributed by atoms with Crippen LogP contribution in [0, 0.1) is 0 Å². The third kappa shape index (κ3) is 2.08. The highest BCUT2D eigenvalue weighted by atomic mass is 16.5. The van der Waals surface area contributed by atoms with Gasteiger partial charge >= 0.3 is 18.0 Å². The minimum absolute atomic E-state index is 0.117. The summed E-state index contributed by atoms with van der Waals surface area (Å²) in [5.41, 5.74) is 1.18. The molecule has 1 unspecified atom stereocenters. The van der Waals surface area contributed by atoms with Crippen molar-refractivity contribution >= 4 is 18.0 Å². The summed E-state index contributed by atoms with van der Waals surface area (Å²) in [4.78, 5) is 34.6. The maximum Gasteiger partial charge on any atom is 0.544 e. The number of carboxylic acid groups (broad SMARTS) is 1. The van der Waals surface area contributed by atoms with Gasteiger partial charge in [0.25, 0.3) is 0 Å². The molecule has 1 heterocycles. The molecule has 1 aliphatic rings. The van der Waals surface area contributed by atoms with Gasteiger partial charge in [0.05, 0.1) is 6.61 Å². The van der Waals surface area contributed by atoms with Crippen LogP contribution in [0.3, 0.4) is 0 Å². The Bertz CT molecular complexity index is 435. The van der Waals surface area contributed by atoms with E-state index in [2.05, 4.69) is 5.43 Å². The molecule has 0 spiro atoms. The van der Waals surface area contributed by atoms with Gasteiger partial charge in [-0.1, -0.05) is 4.59 Å². The van der Waals surface area contributed by atoms with Gasteiger partial charge in [0.2, 0.25) is 0 Å². The Morgan fingerprint density at radius 3 is 2.33 bits per heavy atom. The molecular formula is C11H17N2O5+. The Labute approximate surface area is 105 Å². The lowest BCUT2D eigenvalue weighted by Gasteiger charge is -2.35. The van der Waals surface area contributed by atoms with Crippen molar-refractivity contribution in [2.45, 2.75) is 33.2 Å². The average molecular weight is 257 g/mol. The smallest absolute Gasteiger partial charge is 0.462 e. The molecule has 1 atom stereocenters. The van der Waals surface area contributed by atoms with Crippen molar-refractivity contribution in [3.63, 3.8) is 0 Å². The SMILES string of the molecule is CCOC(=O)C1=C[N+](C(=O)O)(C(C)(C)C)NC1=O. The number of quaternary nitrogens is 1. The summed E-state index contributed by atoms with van der Waals surface area (Å²) in [7, 11) is 0. The summed E-state index contributed by atoms with van der Waals surface area (Å²) in [6.45, 7) is 6.66. The first-order valence-electron chi connectivity index (χ1n) is 5.50. The Morgan fingerprint density at radius 2 is 2.00 bits per heavy atom. The standard InChI is InChI=1S/C11H16N2O5/c1-5-18-9(15)7-6-13(10(16)17,11(2,3)4)12-8(7)14/h6H,5H2,1-4H3,(H-,12,14,16,17)/p+1. The van der Waals surface area contributed by atoms with Crippen LogP contribution >= 0.6 is 0 Å². The fourth-order valence-electron chi connectivity index (χ4n) is 1.61. The molecule has 0 aromatic carbocycles. The fraction of sp³-hybridized carbons (Fsp3) is 0.545. The van der Waals surface area contributed by atoms with Gasteiger partial charge in [-0.15, -0.1) is 0 Å². The number of nitrogens with one attached hydrogen (secondary N) is 1. The number of ether oxygens (including phenoxy) is 1. The van der Waals surface area contributed by atoms with Crippen molar-refractivity contribution < 1.29 is 28.8 Å². The van der Waals surface area contributed by atoms with Crippen molar-refractivity contribution in [2.75, 3.05) is 6.61 Å². The Balaban J connectivity index is 3.24. The molecular weight excluding hydrogens is 240 g/mol. The Morgan fingerprint density at radius 1 is 1.44 bits per heavy atom. The number of rotatable bonds is 2. The quantitative estimate of drug-likeness (QED) is 0.433. The fourth-order valence-corrected chi connectivity index (χ4v) is 1.61. The molecule has 0 radical (unpaired) electrons. The van der Waals surface area contributed by atoms with E-state index in [0.29, 0.717) is 0 Å². The molecule has 2 amide bonds. The van der Waals surface area contributed by atoms with Crippen molar-refractivity contribution in [2.24, 2.45) is 0 Å². The van der Waals surface area contributed by atoms with E-state index in [0.717, 1.165) is 6.20 Å². The zero-order chi connectivity index (χ0) is 14.1. The monoisotopic (exact) mass is 257 g/mol. The molecule has 0 aromatic rings. The number of hydrogen-bond acceptors (Lipinski definition) is 4. The number of carbonyl (C=O) groups is 3. The maximum atomic E-state index is 11.7. The molecule has 18 heavy (non-hydrogen) atoms. The number of carbonyl (C=O) groups excluding carboxylic acids is 2. The van der Waals surface area contributed by atoms with Gasteiger partial charge in [-0.25, -0.2) is 4.79 Å². The lowest BCUT2D eigenvalue weighted by molar-refractivity contribution is -0.886. The average Bonchev–Trinajstić information content (AvgIpc) is 2.57. The van der Waals surface area contributed by atoms with Gasteiger partial charge < -0.3 is 9.84 Å². The summed E-state index contributed by atoms with van der Waals surface area (Å²) >= 11 is 0. The lowest BCUT2D eigenvalue weighted by Crippen LogP contribution is -2.65. The van der Waals surface area contributed by atoms with Gasteiger partial charge in [0.15, 0.2) is 11.8 Å². The predicted octanol–water partition coefficient (Wildman–Crippen LogP) is 0.772.